The number of unbranched alkanes of at least 4 members (excludes halogenated alkanes) is 18. The fraction of sp³-hybridized carbons (Fsp3) is 0.627. The second-order valence-electron chi connectivity index (χ2n) is 17.3. The van der Waals surface area contributed by atoms with Crippen LogP contribution in [0.1, 0.15) is 213 Å². The van der Waals surface area contributed by atoms with Crippen LogP contribution in [0.4, 0.5) is 0 Å². The van der Waals surface area contributed by atoms with Crippen molar-refractivity contribution in [1.82, 2.24) is 5.32 Å². The van der Waals surface area contributed by atoms with Gasteiger partial charge in [0.1, 0.15) is 6.10 Å². The molecule has 0 fully saturated rings. The van der Waals surface area contributed by atoms with Crippen molar-refractivity contribution in [1.29, 1.82) is 0 Å². The van der Waals surface area contributed by atoms with Crippen molar-refractivity contribution in [3.05, 3.63) is 122 Å². The second kappa shape index (κ2) is 51.2. The van der Waals surface area contributed by atoms with Crippen LogP contribution in [0.2, 0.25) is 0 Å². The topological polar surface area (TPSA) is 95.9 Å². The van der Waals surface area contributed by atoms with E-state index >= 15 is 0 Å². The zero-order chi connectivity index (χ0) is 47.4. The molecule has 0 rings (SSSR count). The average molecular weight is 900 g/mol. The highest BCUT2D eigenvalue weighted by Crippen LogP contribution is 2.16. The van der Waals surface area contributed by atoms with Crippen LogP contribution in [-0.2, 0) is 14.3 Å². The minimum absolute atomic E-state index is 0.0709. The molecule has 0 spiro atoms. The Kier molecular flexibility index (Phi) is 48.3. The summed E-state index contributed by atoms with van der Waals surface area (Å²) in [6.45, 7) is 6.18. The van der Waals surface area contributed by atoms with Crippen LogP contribution < -0.4 is 5.32 Å². The van der Waals surface area contributed by atoms with E-state index in [2.05, 4.69) is 99.0 Å². The Morgan fingerprint density at radius 3 is 1.42 bits per heavy atom. The minimum atomic E-state index is -0.835. The van der Waals surface area contributed by atoms with E-state index in [9.17, 15) is 19.8 Å². The van der Waals surface area contributed by atoms with Gasteiger partial charge in [0.15, 0.2) is 0 Å². The lowest BCUT2D eigenvalue weighted by Gasteiger charge is -2.23. The molecule has 3 N–H and O–H groups in total. The molecule has 6 heteroatoms. The van der Waals surface area contributed by atoms with E-state index < -0.39 is 18.2 Å². The monoisotopic (exact) mass is 900 g/mol. The van der Waals surface area contributed by atoms with Gasteiger partial charge in [-0.1, -0.05) is 245 Å². The van der Waals surface area contributed by atoms with Crippen LogP contribution in [-0.4, -0.2) is 46.9 Å². The first kappa shape index (κ1) is 61.3. The molecular weight excluding hydrogens is 803 g/mol. The molecular formula is C59H97NO5. The Balaban J connectivity index is 4.80. The third-order valence-electron chi connectivity index (χ3n) is 11.1. The number of aliphatic hydroxyl groups is 2. The van der Waals surface area contributed by atoms with Gasteiger partial charge in [0.25, 0.3) is 0 Å². The van der Waals surface area contributed by atoms with E-state index in [4.69, 9.17) is 4.74 Å². The number of nitrogens with one attached hydrogen (secondary N) is 1. The van der Waals surface area contributed by atoms with E-state index in [0.29, 0.717) is 12.8 Å². The van der Waals surface area contributed by atoms with E-state index in [1.54, 1.807) is 6.08 Å². The van der Waals surface area contributed by atoms with Crippen LogP contribution in [0, 0.1) is 0 Å². The molecule has 0 aromatic rings. The summed E-state index contributed by atoms with van der Waals surface area (Å²) in [5, 5.41) is 23.7. The summed E-state index contributed by atoms with van der Waals surface area (Å²) >= 11 is 0. The SMILES string of the molecule is CC/C=C\C/C=C\C/C=C\C/C=C\C/C=C\C/C=C\C(CC(=O)NC(CO)C(O)CCCCCCCCCCCCCCCCCC)OC(=O)CCCCC\C=C/C=C\C=C\C=C\CC. The summed E-state index contributed by atoms with van der Waals surface area (Å²) in [6, 6.07) is -0.760. The Bertz CT molecular complexity index is 1380. The molecule has 0 radical (unpaired) electrons. The minimum Gasteiger partial charge on any atom is -0.458 e. The molecule has 65 heavy (non-hydrogen) atoms. The molecule has 0 saturated carbocycles. The van der Waals surface area contributed by atoms with Crippen LogP contribution in [0.15, 0.2) is 122 Å². The van der Waals surface area contributed by atoms with E-state index in [0.717, 1.165) is 83.5 Å². The highest BCUT2D eigenvalue weighted by Gasteiger charge is 2.23. The second-order valence-corrected chi connectivity index (χ2v) is 17.3. The molecule has 3 unspecified atom stereocenters. The average Bonchev–Trinajstić information content (AvgIpc) is 3.30. The number of hydrogen-bond acceptors (Lipinski definition) is 5. The van der Waals surface area contributed by atoms with E-state index in [1.165, 1.54) is 83.5 Å². The summed E-state index contributed by atoms with van der Waals surface area (Å²) in [5.74, 6) is -0.687. The number of ether oxygens (including phenoxy) is 1. The molecule has 0 aromatic carbocycles. The van der Waals surface area contributed by atoms with Gasteiger partial charge in [-0.05, 0) is 76.7 Å². The predicted molar refractivity (Wildman–Crippen MR) is 282 cm³/mol. The van der Waals surface area contributed by atoms with Gasteiger partial charge in [-0.15, -0.1) is 0 Å². The largest absolute Gasteiger partial charge is 0.458 e. The van der Waals surface area contributed by atoms with Crippen molar-refractivity contribution in [3.8, 4) is 0 Å². The zero-order valence-corrected chi connectivity index (χ0v) is 41.8. The third-order valence-corrected chi connectivity index (χ3v) is 11.1. The van der Waals surface area contributed by atoms with Crippen LogP contribution in [0.5, 0.6) is 0 Å². The number of esters is 1. The highest BCUT2D eigenvalue weighted by molar-refractivity contribution is 5.78. The van der Waals surface area contributed by atoms with Gasteiger partial charge in [-0.25, -0.2) is 0 Å². The van der Waals surface area contributed by atoms with Crippen molar-refractivity contribution in [2.75, 3.05) is 6.61 Å². The molecule has 1 amide bonds. The fourth-order valence-corrected chi connectivity index (χ4v) is 7.20. The van der Waals surface area contributed by atoms with Gasteiger partial charge >= 0.3 is 5.97 Å². The van der Waals surface area contributed by atoms with Gasteiger partial charge in [-0.3, -0.25) is 9.59 Å². The highest BCUT2D eigenvalue weighted by atomic mass is 16.5. The molecule has 0 aliphatic heterocycles. The Morgan fingerprint density at radius 1 is 0.492 bits per heavy atom. The number of aliphatic hydroxyl groups excluding tert-OH is 2. The number of allylic oxidation sites excluding steroid dienone is 19. The van der Waals surface area contributed by atoms with Gasteiger partial charge in [0, 0.05) is 6.42 Å². The van der Waals surface area contributed by atoms with Crippen molar-refractivity contribution in [2.24, 2.45) is 0 Å². The van der Waals surface area contributed by atoms with E-state index in [1.807, 2.05) is 42.5 Å². The van der Waals surface area contributed by atoms with Crippen molar-refractivity contribution in [2.45, 2.75) is 232 Å². The number of amides is 1. The maximum Gasteiger partial charge on any atom is 0.306 e. The summed E-state index contributed by atoms with van der Waals surface area (Å²) < 4.78 is 5.80. The number of carbonyl (C=O) groups is 2. The number of hydrogen-bond donors (Lipinski definition) is 3. The van der Waals surface area contributed by atoms with Crippen LogP contribution in [0.3, 0.4) is 0 Å². The first-order valence-electron chi connectivity index (χ1n) is 26.3. The Labute approximate surface area is 400 Å². The molecule has 3 atom stereocenters. The van der Waals surface area contributed by atoms with Gasteiger partial charge in [0.2, 0.25) is 5.91 Å². The lowest BCUT2D eigenvalue weighted by molar-refractivity contribution is -0.148. The molecule has 0 saturated heterocycles. The maximum atomic E-state index is 13.2. The molecule has 0 aliphatic rings. The van der Waals surface area contributed by atoms with Crippen LogP contribution >= 0.6 is 0 Å². The first-order chi connectivity index (χ1) is 32.0. The summed E-state index contributed by atoms with van der Waals surface area (Å²) in [6.07, 6.45) is 71.5. The maximum absolute atomic E-state index is 13.2. The predicted octanol–water partition coefficient (Wildman–Crippen LogP) is 16.1. The van der Waals surface area contributed by atoms with Gasteiger partial charge in [0.05, 0.1) is 25.2 Å². The quantitative estimate of drug-likeness (QED) is 0.0245. The third kappa shape index (κ3) is 46.6. The van der Waals surface area contributed by atoms with Crippen molar-refractivity contribution in [3.63, 3.8) is 0 Å². The van der Waals surface area contributed by atoms with Gasteiger partial charge in [-0.2, -0.15) is 0 Å². The summed E-state index contributed by atoms with van der Waals surface area (Å²) in [5.41, 5.74) is 0. The standard InChI is InChI=1S/C59H97NO5/c1-4-7-10-13-16-19-22-25-27-29-30-33-35-38-41-44-47-50-55(65-59(64)52-49-46-43-40-37-32-24-21-18-15-12-9-6-3)53-58(63)60-56(54-61)57(62)51-48-45-42-39-36-34-31-28-26-23-20-17-14-11-8-5-2/h7,9-10,12,15-16,18-19,21,24-25,27,30,32-33,37-38,41,47,50,55-57,61-62H,4-6,8,11,13-14,17,20,22-23,26,28-29,31,34-36,39-40,42-46,48-49,51-54H2,1-3H3,(H,60,63)/b10-7-,12-9+,18-15+,19-16-,24-21-,27-25-,33-30-,37-32-,41-38-,50-47-. The van der Waals surface area contributed by atoms with Crippen molar-refractivity contribution >= 4 is 11.9 Å². The summed E-state index contributed by atoms with van der Waals surface area (Å²) in [4.78, 5) is 26.1. The first-order valence-corrected chi connectivity index (χ1v) is 26.3. The summed E-state index contributed by atoms with van der Waals surface area (Å²) in [7, 11) is 0. The molecule has 6 nitrogen and oxygen atoms in total. The van der Waals surface area contributed by atoms with Crippen LogP contribution in [0.25, 0.3) is 0 Å². The lowest BCUT2D eigenvalue weighted by atomic mass is 10.0. The molecule has 0 bridgehead atoms. The molecule has 0 aliphatic carbocycles. The van der Waals surface area contributed by atoms with Gasteiger partial charge < -0.3 is 20.3 Å². The van der Waals surface area contributed by atoms with E-state index in [-0.39, 0.29) is 31.3 Å². The smallest absolute Gasteiger partial charge is 0.306 e. The Hall–Kier alpha value is -3.74. The molecule has 0 aromatic heterocycles. The molecule has 368 valence electrons. The zero-order valence-electron chi connectivity index (χ0n) is 41.8. The molecule has 0 heterocycles. The number of carbonyl (C=O) groups excluding carboxylic acids is 2. The Morgan fingerprint density at radius 2 is 0.923 bits per heavy atom. The fourth-order valence-electron chi connectivity index (χ4n) is 7.20. The lowest BCUT2D eigenvalue weighted by Crippen LogP contribution is -2.46. The van der Waals surface area contributed by atoms with Crippen molar-refractivity contribution < 1.29 is 24.5 Å². The normalized spacial score (nSPS) is 14.2. The number of rotatable bonds is 45.